The zero-order valence-corrected chi connectivity index (χ0v) is 11.5. The molecule has 0 unspecified atom stereocenters. The number of hydrogen-bond acceptors (Lipinski definition) is 6. The predicted octanol–water partition coefficient (Wildman–Crippen LogP) is 2.40. The lowest BCUT2D eigenvalue weighted by Gasteiger charge is -2.10. The summed E-state index contributed by atoms with van der Waals surface area (Å²) in [6.45, 7) is 2.78. The molecular weight excluding hydrogens is 258 g/mol. The van der Waals surface area contributed by atoms with Gasteiger partial charge >= 0.3 is 0 Å². The number of ether oxygens (including phenoxy) is 3. The van der Waals surface area contributed by atoms with Crippen LogP contribution in [0.15, 0.2) is 30.3 Å². The Balaban J connectivity index is 2.22. The molecule has 0 saturated heterocycles. The molecule has 106 valence electrons. The smallest absolute Gasteiger partial charge is 0.224 e. The van der Waals surface area contributed by atoms with Crippen LogP contribution in [0.1, 0.15) is 12.7 Å². The lowest BCUT2D eigenvalue weighted by molar-refractivity contribution is 0.128. The maximum atomic E-state index is 5.74. The first kappa shape index (κ1) is 14.1. The van der Waals surface area contributed by atoms with E-state index in [1.165, 1.54) is 0 Å². The van der Waals surface area contributed by atoms with Crippen LogP contribution >= 0.6 is 0 Å². The van der Waals surface area contributed by atoms with E-state index in [4.69, 9.17) is 19.9 Å². The van der Waals surface area contributed by atoms with E-state index in [0.717, 1.165) is 0 Å². The number of benzene rings is 1. The normalized spacial score (nSPS) is 10.3. The Labute approximate surface area is 117 Å². The highest BCUT2D eigenvalue weighted by atomic mass is 16.5. The van der Waals surface area contributed by atoms with Gasteiger partial charge in [0.2, 0.25) is 5.88 Å². The highest BCUT2D eigenvalue weighted by molar-refractivity contribution is 5.43. The Kier molecular flexibility index (Phi) is 4.73. The van der Waals surface area contributed by atoms with Crippen molar-refractivity contribution in [2.24, 2.45) is 0 Å². The molecule has 0 atom stereocenters. The second-order valence-corrected chi connectivity index (χ2v) is 3.94. The summed E-state index contributed by atoms with van der Waals surface area (Å²) in [5, 5.41) is 0. The summed E-state index contributed by atoms with van der Waals surface area (Å²) in [5.74, 6) is 2.36. The molecule has 6 heteroatoms. The highest BCUT2D eigenvalue weighted by Crippen LogP contribution is 2.30. The third kappa shape index (κ3) is 3.58. The van der Waals surface area contributed by atoms with Crippen LogP contribution < -0.4 is 15.2 Å². The van der Waals surface area contributed by atoms with E-state index in [1.54, 1.807) is 25.3 Å². The molecule has 0 bridgehead atoms. The minimum atomic E-state index is 0.295. The zero-order valence-electron chi connectivity index (χ0n) is 11.5. The van der Waals surface area contributed by atoms with Gasteiger partial charge in [0.15, 0.2) is 17.3 Å². The molecule has 0 spiro atoms. The van der Waals surface area contributed by atoms with Gasteiger partial charge in [-0.3, -0.25) is 0 Å². The standard InChI is InChI=1S/C14H17N3O3/c1-3-19-9-13-16-12(15)8-14(17-13)20-11-7-5-4-6-10(11)18-2/h4-8H,3,9H2,1-2H3,(H2,15,16,17). The second kappa shape index (κ2) is 6.72. The van der Waals surface area contributed by atoms with Crippen molar-refractivity contribution in [3.8, 4) is 17.4 Å². The van der Waals surface area contributed by atoms with Gasteiger partial charge in [0.1, 0.15) is 12.4 Å². The van der Waals surface area contributed by atoms with Gasteiger partial charge in [0.25, 0.3) is 0 Å². The van der Waals surface area contributed by atoms with Crippen molar-refractivity contribution in [2.75, 3.05) is 19.5 Å². The molecule has 0 aliphatic heterocycles. The van der Waals surface area contributed by atoms with Crippen molar-refractivity contribution in [3.05, 3.63) is 36.2 Å². The van der Waals surface area contributed by atoms with E-state index in [2.05, 4.69) is 9.97 Å². The Bertz CT molecular complexity index is 575. The summed E-state index contributed by atoms with van der Waals surface area (Å²) in [6, 6.07) is 8.87. The van der Waals surface area contributed by atoms with Crippen LogP contribution in [0.2, 0.25) is 0 Å². The van der Waals surface area contributed by atoms with Gasteiger partial charge in [-0.2, -0.15) is 4.98 Å². The van der Waals surface area contributed by atoms with Gasteiger partial charge in [-0.25, -0.2) is 4.98 Å². The molecule has 20 heavy (non-hydrogen) atoms. The first-order chi connectivity index (χ1) is 9.72. The molecule has 1 aromatic carbocycles. The van der Waals surface area contributed by atoms with Crippen LogP contribution in [0, 0.1) is 0 Å². The second-order valence-electron chi connectivity index (χ2n) is 3.94. The van der Waals surface area contributed by atoms with Crippen LogP contribution in [0.5, 0.6) is 17.4 Å². The van der Waals surface area contributed by atoms with E-state index in [0.29, 0.717) is 42.2 Å². The molecule has 1 aromatic heterocycles. The van der Waals surface area contributed by atoms with Crippen molar-refractivity contribution in [1.29, 1.82) is 0 Å². The SMILES string of the molecule is CCOCc1nc(N)cc(Oc2ccccc2OC)n1. The fraction of sp³-hybridized carbons (Fsp3) is 0.286. The topological polar surface area (TPSA) is 79.5 Å². The van der Waals surface area contributed by atoms with Gasteiger partial charge in [-0.15, -0.1) is 0 Å². The first-order valence-electron chi connectivity index (χ1n) is 6.25. The monoisotopic (exact) mass is 275 g/mol. The predicted molar refractivity (Wildman–Crippen MR) is 74.8 cm³/mol. The number of rotatable bonds is 6. The van der Waals surface area contributed by atoms with E-state index < -0.39 is 0 Å². The molecule has 1 heterocycles. The summed E-state index contributed by atoms with van der Waals surface area (Å²) in [5.41, 5.74) is 5.74. The molecule has 0 aliphatic rings. The number of anilines is 1. The van der Waals surface area contributed by atoms with Crippen LogP contribution in [-0.2, 0) is 11.3 Å². The Morgan fingerprint density at radius 2 is 1.90 bits per heavy atom. The van der Waals surface area contributed by atoms with Gasteiger partial charge in [0, 0.05) is 12.7 Å². The molecule has 0 aliphatic carbocycles. The third-order valence-corrected chi connectivity index (χ3v) is 2.49. The molecule has 2 aromatic rings. The van der Waals surface area contributed by atoms with E-state index in [-0.39, 0.29) is 0 Å². The fourth-order valence-electron chi connectivity index (χ4n) is 1.62. The number of hydrogen-bond donors (Lipinski definition) is 1. The summed E-state index contributed by atoms with van der Waals surface area (Å²) >= 11 is 0. The maximum absolute atomic E-state index is 5.74. The van der Waals surface area contributed by atoms with Gasteiger partial charge in [-0.05, 0) is 19.1 Å². The van der Waals surface area contributed by atoms with Crippen molar-refractivity contribution in [1.82, 2.24) is 9.97 Å². The van der Waals surface area contributed by atoms with Crippen molar-refractivity contribution < 1.29 is 14.2 Å². The van der Waals surface area contributed by atoms with Crippen molar-refractivity contribution >= 4 is 5.82 Å². The van der Waals surface area contributed by atoms with E-state index >= 15 is 0 Å². The van der Waals surface area contributed by atoms with E-state index in [9.17, 15) is 0 Å². The lowest BCUT2D eigenvalue weighted by atomic mass is 10.3. The molecular formula is C14H17N3O3. The van der Waals surface area contributed by atoms with Crippen LogP contribution in [-0.4, -0.2) is 23.7 Å². The minimum absolute atomic E-state index is 0.295. The molecule has 0 amide bonds. The van der Waals surface area contributed by atoms with Crippen molar-refractivity contribution in [2.45, 2.75) is 13.5 Å². The van der Waals surface area contributed by atoms with Gasteiger partial charge in [0.05, 0.1) is 7.11 Å². The van der Waals surface area contributed by atoms with Crippen molar-refractivity contribution in [3.63, 3.8) is 0 Å². The van der Waals surface area contributed by atoms with Gasteiger partial charge in [-0.1, -0.05) is 12.1 Å². The molecule has 0 radical (unpaired) electrons. The molecule has 0 saturated carbocycles. The van der Waals surface area contributed by atoms with Crippen LogP contribution in [0.4, 0.5) is 5.82 Å². The summed E-state index contributed by atoms with van der Waals surface area (Å²) < 4.78 is 16.2. The minimum Gasteiger partial charge on any atom is -0.493 e. The first-order valence-corrected chi connectivity index (χ1v) is 6.25. The number of nitrogen functional groups attached to an aromatic ring is 1. The Morgan fingerprint density at radius 3 is 2.60 bits per heavy atom. The number of nitrogens with two attached hydrogens (primary N) is 1. The van der Waals surface area contributed by atoms with Crippen LogP contribution in [0.3, 0.4) is 0 Å². The number of para-hydroxylation sites is 2. The Hall–Kier alpha value is -2.34. The van der Waals surface area contributed by atoms with Crippen LogP contribution in [0.25, 0.3) is 0 Å². The van der Waals surface area contributed by atoms with E-state index in [1.807, 2.05) is 19.1 Å². The van der Waals surface area contributed by atoms with Gasteiger partial charge < -0.3 is 19.9 Å². The average molecular weight is 275 g/mol. The molecule has 0 fully saturated rings. The number of nitrogens with zero attached hydrogens (tertiary/aromatic N) is 2. The largest absolute Gasteiger partial charge is 0.493 e. The average Bonchev–Trinajstić information content (AvgIpc) is 2.45. The fourth-order valence-corrected chi connectivity index (χ4v) is 1.62. The number of methoxy groups -OCH3 is 1. The number of aromatic nitrogens is 2. The Morgan fingerprint density at radius 1 is 1.15 bits per heavy atom. The summed E-state index contributed by atoms with van der Waals surface area (Å²) in [4.78, 5) is 8.33. The summed E-state index contributed by atoms with van der Waals surface area (Å²) in [6.07, 6.45) is 0. The zero-order chi connectivity index (χ0) is 14.4. The maximum Gasteiger partial charge on any atom is 0.224 e. The molecule has 2 N–H and O–H groups in total. The summed E-state index contributed by atoms with van der Waals surface area (Å²) in [7, 11) is 1.58. The molecule has 2 rings (SSSR count). The quantitative estimate of drug-likeness (QED) is 0.872. The lowest BCUT2D eigenvalue weighted by Crippen LogP contribution is -2.04. The molecule has 6 nitrogen and oxygen atoms in total. The highest BCUT2D eigenvalue weighted by Gasteiger charge is 2.08. The third-order valence-electron chi connectivity index (χ3n) is 2.49.